The van der Waals surface area contributed by atoms with E-state index in [9.17, 15) is 9.59 Å². The summed E-state index contributed by atoms with van der Waals surface area (Å²) in [4.78, 5) is 29.4. The Hall–Kier alpha value is -3.91. The van der Waals surface area contributed by atoms with Gasteiger partial charge >= 0.3 is 0 Å². The van der Waals surface area contributed by atoms with Crippen LogP contribution in [-0.4, -0.2) is 36.1 Å². The van der Waals surface area contributed by atoms with Crippen molar-refractivity contribution in [3.63, 3.8) is 0 Å². The van der Waals surface area contributed by atoms with Gasteiger partial charge in [0.1, 0.15) is 17.6 Å². The normalized spacial score (nSPS) is 14.8. The highest BCUT2D eigenvalue weighted by atomic mass is 16.5. The number of hydrogen-bond donors (Lipinski definition) is 2. The molecule has 3 aromatic rings. The molecule has 8 nitrogen and oxygen atoms in total. The number of rotatable bonds is 10. The van der Waals surface area contributed by atoms with E-state index in [4.69, 9.17) is 14.2 Å². The lowest BCUT2D eigenvalue weighted by molar-refractivity contribution is -0.124. The van der Waals surface area contributed by atoms with E-state index in [1.807, 2.05) is 30.3 Å². The number of anilines is 1. The molecule has 0 radical (unpaired) electrons. The van der Waals surface area contributed by atoms with Crippen LogP contribution in [0.2, 0.25) is 0 Å². The van der Waals surface area contributed by atoms with E-state index in [0.29, 0.717) is 42.5 Å². The highest BCUT2D eigenvalue weighted by Gasteiger charge is 2.23. The summed E-state index contributed by atoms with van der Waals surface area (Å²) in [5.74, 6) is 1.34. The number of nitrogens with zero attached hydrogens (tertiary/aromatic N) is 1. The van der Waals surface area contributed by atoms with Gasteiger partial charge in [-0.3, -0.25) is 9.59 Å². The lowest BCUT2D eigenvalue weighted by Gasteiger charge is -2.13. The van der Waals surface area contributed by atoms with E-state index in [-0.39, 0.29) is 18.4 Å². The van der Waals surface area contributed by atoms with E-state index in [1.165, 1.54) is 0 Å². The molecule has 8 heteroatoms. The predicted molar refractivity (Wildman–Crippen MR) is 132 cm³/mol. The van der Waals surface area contributed by atoms with Gasteiger partial charge in [0.25, 0.3) is 11.8 Å². The Bertz CT molecular complexity index is 1140. The number of amides is 2. The summed E-state index contributed by atoms with van der Waals surface area (Å²) in [5.41, 5.74) is 1.72. The van der Waals surface area contributed by atoms with Crippen LogP contribution in [0.1, 0.15) is 42.1 Å². The molecule has 4 rings (SSSR count). The van der Waals surface area contributed by atoms with Crippen molar-refractivity contribution in [2.45, 2.75) is 38.8 Å². The third-order valence-corrected chi connectivity index (χ3v) is 5.41. The summed E-state index contributed by atoms with van der Waals surface area (Å²) in [6.45, 7) is 3.54. The molecule has 2 heterocycles. The van der Waals surface area contributed by atoms with Crippen molar-refractivity contribution in [3.8, 4) is 17.4 Å². The monoisotopic (exact) mass is 475 g/mol. The quantitative estimate of drug-likeness (QED) is 0.441. The maximum absolute atomic E-state index is 12.8. The zero-order valence-corrected chi connectivity index (χ0v) is 19.7. The summed E-state index contributed by atoms with van der Waals surface area (Å²) >= 11 is 0. The molecule has 1 unspecified atom stereocenters. The van der Waals surface area contributed by atoms with Crippen LogP contribution >= 0.6 is 0 Å². The van der Waals surface area contributed by atoms with Gasteiger partial charge in [0.2, 0.25) is 5.88 Å². The smallest absolute Gasteiger partial charge is 0.253 e. The van der Waals surface area contributed by atoms with Gasteiger partial charge in [-0.05, 0) is 67.8 Å². The molecule has 2 N–H and O–H groups in total. The van der Waals surface area contributed by atoms with Crippen LogP contribution in [0.15, 0.2) is 66.9 Å². The van der Waals surface area contributed by atoms with Crippen LogP contribution < -0.4 is 20.1 Å². The van der Waals surface area contributed by atoms with Gasteiger partial charge < -0.3 is 24.8 Å². The first kappa shape index (κ1) is 24.2. The summed E-state index contributed by atoms with van der Waals surface area (Å²) in [6.07, 6.45) is 3.73. The molecule has 1 aliphatic rings. The van der Waals surface area contributed by atoms with Crippen molar-refractivity contribution >= 4 is 17.5 Å². The lowest BCUT2D eigenvalue weighted by Crippen LogP contribution is -2.27. The Morgan fingerprint density at radius 2 is 1.91 bits per heavy atom. The standard InChI is InChI=1S/C27H29N3O5/c1-2-15-33-22-10-12-23(13-11-22)35-27-20(7-4-14-28-27)18-29-25(31)19-6-3-8-21(17-19)30-26(32)24-9-5-16-34-24/h3-4,6-8,10-14,17,24H,2,5,9,15-16,18H2,1H3,(H,29,31)(H,30,32). The van der Waals surface area contributed by atoms with Crippen molar-refractivity contribution < 1.29 is 23.8 Å². The van der Waals surface area contributed by atoms with Crippen molar-refractivity contribution in [2.75, 3.05) is 18.5 Å². The first-order chi connectivity index (χ1) is 17.1. The molecule has 0 aliphatic carbocycles. The summed E-state index contributed by atoms with van der Waals surface area (Å²) in [6, 6.07) is 17.8. The van der Waals surface area contributed by atoms with Crippen molar-refractivity contribution in [3.05, 3.63) is 78.0 Å². The van der Waals surface area contributed by atoms with Gasteiger partial charge in [0, 0.05) is 36.2 Å². The summed E-state index contributed by atoms with van der Waals surface area (Å²) in [5, 5.41) is 5.71. The molecule has 2 amide bonds. The molecule has 2 aromatic carbocycles. The molecule has 35 heavy (non-hydrogen) atoms. The third-order valence-electron chi connectivity index (χ3n) is 5.41. The topological polar surface area (TPSA) is 98.8 Å². The Balaban J connectivity index is 1.36. The van der Waals surface area contributed by atoms with E-state index in [0.717, 1.165) is 24.2 Å². The van der Waals surface area contributed by atoms with Gasteiger partial charge in [-0.15, -0.1) is 0 Å². The van der Waals surface area contributed by atoms with Crippen molar-refractivity contribution in [1.82, 2.24) is 10.3 Å². The van der Waals surface area contributed by atoms with Gasteiger partial charge in [-0.25, -0.2) is 4.98 Å². The Morgan fingerprint density at radius 3 is 2.69 bits per heavy atom. The second-order valence-corrected chi connectivity index (χ2v) is 8.14. The first-order valence-electron chi connectivity index (χ1n) is 11.8. The minimum atomic E-state index is -0.434. The zero-order chi connectivity index (χ0) is 24.5. The Labute approximate surface area is 204 Å². The molecule has 0 bridgehead atoms. The van der Waals surface area contributed by atoms with Crippen LogP contribution in [0.5, 0.6) is 17.4 Å². The molecule has 1 atom stereocenters. The number of benzene rings is 2. The molecule has 0 saturated carbocycles. The highest BCUT2D eigenvalue weighted by molar-refractivity contribution is 5.98. The Morgan fingerprint density at radius 1 is 1.09 bits per heavy atom. The fourth-order valence-corrected chi connectivity index (χ4v) is 3.61. The first-order valence-corrected chi connectivity index (χ1v) is 11.8. The van der Waals surface area contributed by atoms with Gasteiger partial charge in [-0.1, -0.05) is 19.1 Å². The third kappa shape index (κ3) is 6.80. The number of nitrogens with one attached hydrogen (secondary N) is 2. The maximum atomic E-state index is 12.8. The van der Waals surface area contributed by atoms with Gasteiger partial charge in [0.15, 0.2) is 0 Å². The number of carbonyl (C=O) groups is 2. The van der Waals surface area contributed by atoms with E-state index < -0.39 is 6.10 Å². The minimum Gasteiger partial charge on any atom is -0.494 e. The molecule has 1 fully saturated rings. The zero-order valence-electron chi connectivity index (χ0n) is 19.7. The molecular weight excluding hydrogens is 446 g/mol. The largest absolute Gasteiger partial charge is 0.494 e. The number of carbonyl (C=O) groups excluding carboxylic acids is 2. The predicted octanol–water partition coefficient (Wildman–Crippen LogP) is 4.71. The van der Waals surface area contributed by atoms with Crippen LogP contribution in [-0.2, 0) is 16.1 Å². The molecule has 1 aromatic heterocycles. The van der Waals surface area contributed by atoms with Crippen molar-refractivity contribution in [1.29, 1.82) is 0 Å². The van der Waals surface area contributed by atoms with Crippen LogP contribution in [0, 0.1) is 0 Å². The lowest BCUT2D eigenvalue weighted by atomic mass is 10.1. The molecule has 182 valence electrons. The van der Waals surface area contributed by atoms with E-state index >= 15 is 0 Å². The average Bonchev–Trinajstić information content (AvgIpc) is 3.43. The van der Waals surface area contributed by atoms with Gasteiger partial charge in [0.05, 0.1) is 6.61 Å². The maximum Gasteiger partial charge on any atom is 0.253 e. The van der Waals surface area contributed by atoms with Crippen molar-refractivity contribution in [2.24, 2.45) is 0 Å². The van der Waals surface area contributed by atoms with E-state index in [1.54, 1.807) is 36.5 Å². The number of aromatic nitrogens is 1. The molecule has 0 spiro atoms. The van der Waals surface area contributed by atoms with E-state index in [2.05, 4.69) is 22.5 Å². The van der Waals surface area contributed by atoms with Crippen LogP contribution in [0.3, 0.4) is 0 Å². The molecular formula is C27H29N3O5. The number of ether oxygens (including phenoxy) is 3. The highest BCUT2D eigenvalue weighted by Crippen LogP contribution is 2.25. The minimum absolute atomic E-state index is 0.192. The molecule has 1 saturated heterocycles. The van der Waals surface area contributed by atoms with Crippen LogP contribution in [0.25, 0.3) is 0 Å². The Kier molecular flexibility index (Phi) is 8.30. The van der Waals surface area contributed by atoms with Gasteiger partial charge in [-0.2, -0.15) is 0 Å². The van der Waals surface area contributed by atoms with Crippen LogP contribution in [0.4, 0.5) is 5.69 Å². The second kappa shape index (κ2) is 12.0. The fourth-order valence-electron chi connectivity index (χ4n) is 3.61. The molecule has 1 aliphatic heterocycles. The number of pyridine rings is 1. The summed E-state index contributed by atoms with van der Waals surface area (Å²) < 4.78 is 17.0. The average molecular weight is 476 g/mol. The second-order valence-electron chi connectivity index (χ2n) is 8.14. The summed E-state index contributed by atoms with van der Waals surface area (Å²) in [7, 11) is 0. The number of hydrogen-bond acceptors (Lipinski definition) is 6. The fraction of sp³-hybridized carbons (Fsp3) is 0.296. The SMILES string of the molecule is CCCOc1ccc(Oc2ncccc2CNC(=O)c2cccc(NC(=O)C3CCCO3)c2)cc1.